The van der Waals surface area contributed by atoms with Gasteiger partial charge in [0.1, 0.15) is 0 Å². The summed E-state index contributed by atoms with van der Waals surface area (Å²) >= 11 is 0. The first kappa shape index (κ1) is 8.54. The number of guanidine groups is 1. The number of nitrogens with zero attached hydrogens (tertiary/aromatic N) is 1. The van der Waals surface area contributed by atoms with E-state index in [1.54, 1.807) is 6.92 Å². The van der Waals surface area contributed by atoms with Crippen molar-refractivity contribution in [2.45, 2.75) is 6.92 Å². The SMILES string of the molecule is CCOC(=O)NC(N)=NO. The summed E-state index contributed by atoms with van der Waals surface area (Å²) in [6, 6.07) is 0. The van der Waals surface area contributed by atoms with Gasteiger partial charge in [-0.25, -0.2) is 4.79 Å². The summed E-state index contributed by atoms with van der Waals surface area (Å²) in [4.78, 5) is 10.4. The number of nitrogens with one attached hydrogen (secondary N) is 1. The largest absolute Gasteiger partial charge is 0.450 e. The molecule has 10 heavy (non-hydrogen) atoms. The van der Waals surface area contributed by atoms with Gasteiger partial charge in [-0.05, 0) is 6.92 Å². The second kappa shape index (κ2) is 4.42. The van der Waals surface area contributed by atoms with E-state index in [0.29, 0.717) is 0 Å². The maximum absolute atomic E-state index is 10.4. The molecule has 0 atom stereocenters. The van der Waals surface area contributed by atoms with Crippen LogP contribution in [0.2, 0.25) is 0 Å². The van der Waals surface area contributed by atoms with Crippen molar-refractivity contribution in [3.05, 3.63) is 0 Å². The highest BCUT2D eigenvalue weighted by atomic mass is 16.5. The summed E-state index contributed by atoms with van der Waals surface area (Å²) in [5.41, 5.74) is 4.89. The Bertz CT molecular complexity index is 145. The first-order valence-corrected chi connectivity index (χ1v) is 2.62. The molecule has 0 aliphatic heterocycles. The van der Waals surface area contributed by atoms with Gasteiger partial charge in [-0.2, -0.15) is 0 Å². The summed E-state index contributed by atoms with van der Waals surface area (Å²) < 4.78 is 4.39. The molecule has 0 unspecified atom stereocenters. The maximum Gasteiger partial charge on any atom is 0.414 e. The fraction of sp³-hybridized carbons (Fsp3) is 0.500. The number of alkyl carbamates (subject to hydrolysis) is 1. The molecule has 6 heteroatoms. The molecule has 0 radical (unpaired) electrons. The number of rotatable bonds is 1. The van der Waals surface area contributed by atoms with Crippen molar-refractivity contribution in [2.24, 2.45) is 10.9 Å². The molecule has 0 aromatic rings. The molecule has 0 rings (SSSR count). The van der Waals surface area contributed by atoms with E-state index in [-0.39, 0.29) is 6.61 Å². The van der Waals surface area contributed by atoms with E-state index >= 15 is 0 Å². The zero-order chi connectivity index (χ0) is 7.98. The Hall–Kier alpha value is -1.46. The van der Waals surface area contributed by atoms with Gasteiger partial charge in [-0.15, -0.1) is 0 Å². The normalized spacial score (nSPS) is 10.7. The number of nitrogens with two attached hydrogens (primary N) is 1. The lowest BCUT2D eigenvalue weighted by Crippen LogP contribution is -2.36. The molecule has 0 spiro atoms. The molecule has 0 aliphatic carbocycles. The molecular weight excluding hydrogens is 138 g/mol. The van der Waals surface area contributed by atoms with E-state index in [1.807, 2.05) is 5.32 Å². The molecular formula is C4H9N3O3. The molecule has 0 aliphatic rings. The van der Waals surface area contributed by atoms with Crippen molar-refractivity contribution in [1.29, 1.82) is 0 Å². The van der Waals surface area contributed by atoms with Gasteiger partial charge >= 0.3 is 6.09 Å². The summed E-state index contributed by atoms with van der Waals surface area (Å²) in [6.07, 6.45) is -0.738. The predicted octanol–water partition coefficient (Wildman–Crippen LogP) is -0.564. The van der Waals surface area contributed by atoms with Crippen LogP contribution in [0.25, 0.3) is 0 Å². The van der Waals surface area contributed by atoms with Gasteiger partial charge in [0, 0.05) is 0 Å². The highest BCUT2D eigenvalue weighted by Crippen LogP contribution is 1.73. The minimum Gasteiger partial charge on any atom is -0.450 e. The standard InChI is InChI=1S/C4H9N3O3/c1-2-10-4(8)6-3(5)7-9/h9H,2H2,1H3,(H3,5,6,7,8). The third kappa shape index (κ3) is 3.53. The van der Waals surface area contributed by atoms with Gasteiger partial charge in [0.15, 0.2) is 0 Å². The van der Waals surface area contributed by atoms with E-state index in [2.05, 4.69) is 9.89 Å². The lowest BCUT2D eigenvalue weighted by Gasteiger charge is -2.00. The molecule has 58 valence electrons. The van der Waals surface area contributed by atoms with Crippen molar-refractivity contribution in [3.8, 4) is 0 Å². The minimum atomic E-state index is -0.738. The van der Waals surface area contributed by atoms with Gasteiger partial charge < -0.3 is 15.7 Å². The number of ether oxygens (including phenoxy) is 1. The first-order chi connectivity index (χ1) is 4.70. The molecule has 0 saturated carbocycles. The monoisotopic (exact) mass is 147 g/mol. The lowest BCUT2D eigenvalue weighted by atomic mass is 10.8. The maximum atomic E-state index is 10.4. The predicted molar refractivity (Wildman–Crippen MR) is 33.6 cm³/mol. The topological polar surface area (TPSA) is 96.9 Å². The molecule has 1 amide bonds. The van der Waals surface area contributed by atoms with Crippen molar-refractivity contribution in [2.75, 3.05) is 6.61 Å². The van der Waals surface area contributed by atoms with Crippen LogP contribution in [0.3, 0.4) is 0 Å². The third-order valence-electron chi connectivity index (χ3n) is 0.613. The fourth-order valence-corrected chi connectivity index (χ4v) is 0.297. The highest BCUT2D eigenvalue weighted by molar-refractivity contribution is 5.92. The van der Waals surface area contributed by atoms with E-state index in [9.17, 15) is 4.79 Å². The number of hydrogen-bond acceptors (Lipinski definition) is 4. The smallest absolute Gasteiger partial charge is 0.414 e. The van der Waals surface area contributed by atoms with Gasteiger partial charge in [0.05, 0.1) is 6.61 Å². The number of hydrogen-bond donors (Lipinski definition) is 3. The molecule has 0 aromatic heterocycles. The molecule has 6 nitrogen and oxygen atoms in total. The van der Waals surface area contributed by atoms with E-state index in [4.69, 9.17) is 10.9 Å². The number of oxime groups is 1. The molecule has 0 saturated heterocycles. The van der Waals surface area contributed by atoms with Gasteiger partial charge in [-0.3, -0.25) is 5.32 Å². The van der Waals surface area contributed by atoms with Crippen molar-refractivity contribution < 1.29 is 14.7 Å². The van der Waals surface area contributed by atoms with Crippen LogP contribution >= 0.6 is 0 Å². The van der Waals surface area contributed by atoms with Crippen LogP contribution in [0.4, 0.5) is 4.79 Å². The Morgan fingerprint density at radius 1 is 1.90 bits per heavy atom. The van der Waals surface area contributed by atoms with Crippen LogP contribution in [0.15, 0.2) is 5.16 Å². The van der Waals surface area contributed by atoms with Crippen molar-refractivity contribution >= 4 is 12.1 Å². The molecule has 0 heterocycles. The summed E-state index contributed by atoms with van der Waals surface area (Å²) in [5.74, 6) is -0.390. The van der Waals surface area contributed by atoms with Crippen LogP contribution in [-0.4, -0.2) is 23.9 Å². The van der Waals surface area contributed by atoms with Crippen molar-refractivity contribution in [3.63, 3.8) is 0 Å². The number of carbonyl (C=O) groups excluding carboxylic acids is 1. The zero-order valence-corrected chi connectivity index (χ0v) is 5.50. The molecule has 0 aromatic carbocycles. The lowest BCUT2D eigenvalue weighted by molar-refractivity contribution is 0.157. The Labute approximate surface area is 57.6 Å². The molecule has 0 bridgehead atoms. The second-order valence-corrected chi connectivity index (χ2v) is 1.33. The van der Waals surface area contributed by atoms with E-state index < -0.39 is 12.1 Å². The average molecular weight is 147 g/mol. The molecule has 4 N–H and O–H groups in total. The zero-order valence-electron chi connectivity index (χ0n) is 5.50. The van der Waals surface area contributed by atoms with Crippen molar-refractivity contribution in [1.82, 2.24) is 5.32 Å². The average Bonchev–Trinajstić information content (AvgIpc) is 1.88. The molecule has 0 fully saturated rings. The van der Waals surface area contributed by atoms with Crippen LogP contribution in [0, 0.1) is 0 Å². The Kier molecular flexibility index (Phi) is 3.78. The Morgan fingerprint density at radius 3 is 2.90 bits per heavy atom. The van der Waals surface area contributed by atoms with E-state index in [0.717, 1.165) is 0 Å². The Morgan fingerprint density at radius 2 is 2.50 bits per heavy atom. The second-order valence-electron chi connectivity index (χ2n) is 1.33. The van der Waals surface area contributed by atoms with Crippen LogP contribution in [0.5, 0.6) is 0 Å². The minimum absolute atomic E-state index is 0.241. The van der Waals surface area contributed by atoms with Crippen LogP contribution in [-0.2, 0) is 4.74 Å². The van der Waals surface area contributed by atoms with Gasteiger partial charge in [0.2, 0.25) is 5.96 Å². The Balaban J connectivity index is 3.58. The fourth-order valence-electron chi connectivity index (χ4n) is 0.297. The van der Waals surface area contributed by atoms with Gasteiger partial charge in [-0.1, -0.05) is 5.16 Å². The third-order valence-corrected chi connectivity index (χ3v) is 0.613. The van der Waals surface area contributed by atoms with Gasteiger partial charge in [0.25, 0.3) is 0 Å². The first-order valence-electron chi connectivity index (χ1n) is 2.62. The van der Waals surface area contributed by atoms with E-state index in [1.165, 1.54) is 0 Å². The summed E-state index contributed by atoms with van der Waals surface area (Å²) in [7, 11) is 0. The quantitative estimate of drug-likeness (QED) is 0.200. The summed E-state index contributed by atoms with van der Waals surface area (Å²) in [6.45, 7) is 1.89. The summed E-state index contributed by atoms with van der Waals surface area (Å²) in [5, 5.41) is 12.4. The van der Waals surface area contributed by atoms with Crippen LogP contribution in [0.1, 0.15) is 6.92 Å². The highest BCUT2D eigenvalue weighted by Gasteiger charge is 2.00. The number of carbonyl (C=O) groups is 1. The van der Waals surface area contributed by atoms with Crippen LogP contribution < -0.4 is 11.1 Å². The number of amides is 1.